The van der Waals surface area contributed by atoms with Crippen LogP contribution < -0.4 is 51.0 Å². The monoisotopic (exact) mass is 907 g/mol. The Morgan fingerprint density at radius 1 is 0.475 bits per heavy atom. The van der Waals surface area contributed by atoms with E-state index in [1.807, 2.05) is 0 Å². The van der Waals surface area contributed by atoms with E-state index < -0.39 is 39.9 Å². The largest absolute Gasteiger partial charge is 0.399 e. The number of nitrogens with two attached hydrogens (primary N) is 9. The van der Waals surface area contributed by atoms with Crippen LogP contribution in [0.4, 0.5) is 45.5 Å². The average Bonchev–Trinajstić information content (AvgIpc) is 3.14. The average molecular weight is 908 g/mol. The van der Waals surface area contributed by atoms with Gasteiger partial charge in [0.1, 0.15) is 14.7 Å². The van der Waals surface area contributed by atoms with E-state index in [0.29, 0.717) is 17.1 Å². The highest BCUT2D eigenvalue weighted by atomic mass is 32.2. The van der Waals surface area contributed by atoms with Crippen LogP contribution >= 0.6 is 0 Å². The highest BCUT2D eigenvalue weighted by molar-refractivity contribution is 7.91. The lowest BCUT2D eigenvalue weighted by Crippen LogP contribution is -2.36. The van der Waals surface area contributed by atoms with Gasteiger partial charge in [-0.25, -0.2) is 43.1 Å². The first kappa shape index (κ1) is 51.9. The summed E-state index contributed by atoms with van der Waals surface area (Å²) in [6.45, 7) is -1.08. The van der Waals surface area contributed by atoms with E-state index in [0.717, 1.165) is 8.61 Å². The summed E-state index contributed by atoms with van der Waals surface area (Å²) >= 11 is 0. The van der Waals surface area contributed by atoms with Gasteiger partial charge in [-0.05, 0) is 79.2 Å². The molecule has 22 nitrogen and oxygen atoms in total. The van der Waals surface area contributed by atoms with Gasteiger partial charge >= 0.3 is 0 Å². The second kappa shape index (κ2) is 22.3. The predicted octanol–water partition coefficient (Wildman–Crippen LogP) is -1.57. The van der Waals surface area contributed by atoms with Crippen LogP contribution in [0.25, 0.3) is 0 Å². The minimum Gasteiger partial charge on any atom is -0.399 e. The molecule has 0 unspecified atom stereocenters. The number of aliphatic hydroxyl groups excluding tert-OH is 3. The quantitative estimate of drug-likeness (QED) is 0.0674. The number of anilines is 8. The smallest absolute Gasteiger partial charge is 0.245 e. The molecule has 0 amide bonds. The summed E-state index contributed by atoms with van der Waals surface area (Å²) in [6, 6.07) is 17.0. The normalized spacial score (nSPS) is 11.7. The van der Waals surface area contributed by atoms with Crippen molar-refractivity contribution in [3.8, 4) is 0 Å². The van der Waals surface area contributed by atoms with Crippen molar-refractivity contribution >= 4 is 85.4 Å². The summed E-state index contributed by atoms with van der Waals surface area (Å²) in [5.74, 6) is -0.128. The first-order valence-electron chi connectivity index (χ1n) is 16.8. The lowest BCUT2D eigenvalue weighted by Gasteiger charge is -2.21. The zero-order chi connectivity index (χ0) is 45.5. The van der Waals surface area contributed by atoms with Crippen LogP contribution in [-0.4, -0.2) is 110 Å². The Hall–Kier alpha value is -5.16. The number of rotatable bonds is 13. The number of nitrogen functional groups attached to an aromatic ring is 8. The maximum absolute atomic E-state index is 12.3. The third-order valence-corrected chi connectivity index (χ3v) is 14.1. The zero-order valence-electron chi connectivity index (χ0n) is 32.2. The summed E-state index contributed by atoms with van der Waals surface area (Å²) in [6.07, 6.45) is 0.191. The minimum absolute atomic E-state index is 0.0379. The molecule has 4 rings (SSSR count). The number of sulfonamides is 3. The number of primary sulfonamides is 1. The Labute approximate surface area is 344 Å². The molecule has 0 saturated heterocycles. The number of hydrogen-bond donors (Lipinski definition) is 12. The van der Waals surface area contributed by atoms with Gasteiger partial charge in [-0.2, -0.15) is 4.31 Å². The summed E-state index contributed by atoms with van der Waals surface area (Å²) in [4.78, 5) is -0.176. The number of aliphatic hydroxyl groups is 3. The Balaban J connectivity index is 0.000000397. The Kier molecular flexibility index (Phi) is 19.6. The van der Waals surface area contributed by atoms with Gasteiger partial charge < -0.3 is 61.2 Å². The molecule has 0 spiro atoms. The first-order chi connectivity index (χ1) is 27.2. The van der Waals surface area contributed by atoms with E-state index in [2.05, 4.69) is 0 Å². The van der Waals surface area contributed by atoms with Crippen molar-refractivity contribution in [2.24, 2.45) is 5.14 Å². The van der Waals surface area contributed by atoms with Crippen molar-refractivity contribution in [2.45, 2.75) is 26.0 Å². The van der Waals surface area contributed by atoms with Gasteiger partial charge in [0.05, 0.1) is 46.6 Å². The standard InChI is InChI=1S/C10H17N3O4S.C9H14N2O3S.C8H13N3O2S.C6H9N3O2S/c11-8-1-2-9(12)10(7-8)18(16,17)13(3-5-14)4-6-15;10-7-2-3-8(11)9(6-7)15(13,14)5-1-4-12;1-11(2)14(12,13)8-5-6(9)3-4-7(8)10;7-4-1-2-5(8)6(3-4)12(9,10)11/h1-2,7,14-15H,3-6,11-12H2;2-3,6,12H,1,4-5,10-11H2;3-5H,9-10H2,1-2H3;1-3H,7-8H2,(H2,9,10,11). The van der Waals surface area contributed by atoms with Crippen LogP contribution in [0.3, 0.4) is 0 Å². The SMILES string of the molecule is CN(C)S(=O)(=O)c1cc(N)ccc1N.Nc1ccc(N)c(S(=O)(=O)CCCO)c1.Nc1ccc(N)c(S(=O)(=O)N(CCO)CCO)c1.Nc1ccc(N)c(S(N)(=O)=O)c1. The first-order valence-corrected chi connectivity index (χ1v) is 22.9. The Morgan fingerprint density at radius 2 is 0.797 bits per heavy atom. The van der Waals surface area contributed by atoms with E-state index in [1.165, 1.54) is 74.8 Å². The fourth-order valence-corrected chi connectivity index (χ4v) is 9.23. The summed E-state index contributed by atoms with van der Waals surface area (Å²) in [5, 5.41) is 31.2. The molecule has 0 aromatic heterocycles. The number of hydrogen-bond acceptors (Lipinski definition) is 19. The number of nitrogens with zero attached hydrogens (tertiary/aromatic N) is 2. The lowest BCUT2D eigenvalue weighted by atomic mass is 10.3. The molecule has 26 heteroatoms. The van der Waals surface area contributed by atoms with Crippen molar-refractivity contribution in [1.82, 2.24) is 8.61 Å². The number of benzene rings is 4. The van der Waals surface area contributed by atoms with E-state index in [9.17, 15) is 33.7 Å². The van der Waals surface area contributed by atoms with Gasteiger partial charge in [0.2, 0.25) is 30.1 Å². The van der Waals surface area contributed by atoms with Gasteiger partial charge in [-0.3, -0.25) is 0 Å². The van der Waals surface area contributed by atoms with Crippen LogP contribution in [0.1, 0.15) is 6.42 Å². The van der Waals surface area contributed by atoms with Crippen LogP contribution in [0.2, 0.25) is 0 Å². The zero-order valence-corrected chi connectivity index (χ0v) is 35.5. The van der Waals surface area contributed by atoms with Gasteiger partial charge in [-0.15, -0.1) is 0 Å². The molecule has 0 aliphatic heterocycles. The molecule has 4 aromatic carbocycles. The molecule has 0 heterocycles. The molecule has 21 N–H and O–H groups in total. The molecule has 330 valence electrons. The second-order valence-corrected chi connectivity index (χ2v) is 19.9. The molecule has 0 aliphatic rings. The third-order valence-electron chi connectivity index (χ3n) is 7.44. The maximum Gasteiger partial charge on any atom is 0.245 e. The van der Waals surface area contributed by atoms with Crippen LogP contribution in [-0.2, 0) is 39.9 Å². The van der Waals surface area contributed by atoms with Crippen LogP contribution in [0.5, 0.6) is 0 Å². The van der Waals surface area contributed by atoms with E-state index >= 15 is 0 Å². The second-order valence-electron chi connectivity index (χ2n) is 12.3. The minimum atomic E-state index is -3.87. The molecule has 0 aliphatic carbocycles. The van der Waals surface area contributed by atoms with Crippen LogP contribution in [0, 0.1) is 0 Å². The Morgan fingerprint density at radius 3 is 1.12 bits per heavy atom. The van der Waals surface area contributed by atoms with Gasteiger partial charge in [0, 0.05) is 56.5 Å². The van der Waals surface area contributed by atoms with Crippen molar-refractivity contribution in [1.29, 1.82) is 0 Å². The Bertz CT molecular complexity index is 2470. The molecule has 59 heavy (non-hydrogen) atoms. The summed E-state index contributed by atoms with van der Waals surface area (Å²) < 4.78 is 95.1. The van der Waals surface area contributed by atoms with Crippen molar-refractivity contribution in [2.75, 3.05) is 98.6 Å². The molecule has 0 atom stereocenters. The highest BCUT2D eigenvalue weighted by Crippen LogP contribution is 2.26. The predicted molar refractivity (Wildman–Crippen MR) is 230 cm³/mol. The third kappa shape index (κ3) is 15.5. The summed E-state index contributed by atoms with van der Waals surface area (Å²) in [7, 11) is -11.7. The van der Waals surface area contributed by atoms with Gasteiger partial charge in [-0.1, -0.05) is 0 Å². The molecule has 0 fully saturated rings. The van der Waals surface area contributed by atoms with Crippen molar-refractivity contribution in [3.05, 3.63) is 72.8 Å². The van der Waals surface area contributed by atoms with Crippen molar-refractivity contribution < 1.29 is 49.0 Å². The molecule has 0 saturated carbocycles. The molecular formula is C33H53N11O11S4. The van der Waals surface area contributed by atoms with Gasteiger partial charge in [0.15, 0.2) is 9.84 Å². The topological polar surface area (TPSA) is 438 Å². The molecule has 0 radical (unpaired) electrons. The van der Waals surface area contributed by atoms with E-state index in [1.54, 1.807) is 12.1 Å². The van der Waals surface area contributed by atoms with Crippen molar-refractivity contribution in [3.63, 3.8) is 0 Å². The van der Waals surface area contributed by atoms with Crippen LogP contribution in [0.15, 0.2) is 92.4 Å². The summed E-state index contributed by atoms with van der Waals surface area (Å²) in [5.41, 5.74) is 45.8. The molecular weight excluding hydrogens is 855 g/mol. The van der Waals surface area contributed by atoms with E-state index in [-0.39, 0.29) is 93.1 Å². The highest BCUT2D eigenvalue weighted by Gasteiger charge is 2.26. The fraction of sp³-hybridized carbons (Fsp3) is 0.273. The molecule has 4 aromatic rings. The fourth-order valence-electron chi connectivity index (χ4n) is 4.44. The molecule has 0 bridgehead atoms. The van der Waals surface area contributed by atoms with E-state index in [4.69, 9.17) is 66.3 Å². The van der Waals surface area contributed by atoms with Gasteiger partial charge in [0.25, 0.3) is 0 Å². The maximum atomic E-state index is 12.3. The number of sulfone groups is 1. The lowest BCUT2D eigenvalue weighted by molar-refractivity contribution is 0.217.